The fraction of sp³-hybridized carbons (Fsp3) is 0.364. The Morgan fingerprint density at radius 1 is 1.38 bits per heavy atom. The van der Waals surface area contributed by atoms with Crippen LogP contribution in [-0.4, -0.2) is 25.7 Å². The van der Waals surface area contributed by atoms with Gasteiger partial charge in [0, 0.05) is 6.26 Å². The molecular weight excluding hydrogens is 231 g/mol. The van der Waals surface area contributed by atoms with Crippen LogP contribution in [-0.2, 0) is 9.84 Å². The number of ketones is 1. The van der Waals surface area contributed by atoms with Gasteiger partial charge in [-0.1, -0.05) is 19.1 Å². The van der Waals surface area contributed by atoms with E-state index in [4.69, 9.17) is 0 Å². The Morgan fingerprint density at radius 2 is 1.94 bits per heavy atom. The number of rotatable bonds is 4. The minimum Gasteiger partial charge on any atom is -0.293 e. The van der Waals surface area contributed by atoms with Crippen LogP contribution in [0, 0.1) is 5.82 Å². The van der Waals surface area contributed by atoms with E-state index in [2.05, 4.69) is 0 Å². The molecule has 0 fully saturated rings. The molecule has 5 heteroatoms. The fourth-order valence-corrected chi connectivity index (χ4v) is 2.64. The van der Waals surface area contributed by atoms with E-state index in [1.165, 1.54) is 18.2 Å². The Hall–Kier alpha value is -1.23. The lowest BCUT2D eigenvalue weighted by atomic mass is 10.1. The Kier molecular flexibility index (Phi) is 3.80. The van der Waals surface area contributed by atoms with Crippen LogP contribution in [0.15, 0.2) is 24.3 Å². The number of hydrogen-bond donors (Lipinski definition) is 0. The van der Waals surface area contributed by atoms with Gasteiger partial charge in [0.1, 0.15) is 11.1 Å². The highest BCUT2D eigenvalue weighted by atomic mass is 32.2. The van der Waals surface area contributed by atoms with Gasteiger partial charge in [-0.15, -0.1) is 0 Å². The number of sulfone groups is 1. The molecule has 0 radical (unpaired) electrons. The van der Waals surface area contributed by atoms with Crippen molar-refractivity contribution in [3.8, 4) is 0 Å². The van der Waals surface area contributed by atoms with Crippen molar-refractivity contribution in [3.05, 3.63) is 35.6 Å². The van der Waals surface area contributed by atoms with Crippen molar-refractivity contribution in [3.63, 3.8) is 0 Å². The maximum absolute atomic E-state index is 13.3. The molecule has 0 saturated carbocycles. The van der Waals surface area contributed by atoms with E-state index >= 15 is 0 Å². The summed E-state index contributed by atoms with van der Waals surface area (Å²) in [5.74, 6) is -1.36. The predicted octanol–water partition coefficient (Wildman–Crippen LogP) is 1.83. The number of Topliss-reactive ketones (excluding diaryl/α,β-unsaturated/α-hetero) is 1. The average Bonchev–Trinajstić information content (AvgIpc) is 2.17. The molecule has 16 heavy (non-hydrogen) atoms. The monoisotopic (exact) mass is 244 g/mol. The van der Waals surface area contributed by atoms with Gasteiger partial charge in [0.15, 0.2) is 15.6 Å². The summed E-state index contributed by atoms with van der Waals surface area (Å²) < 4.78 is 36.0. The molecule has 0 heterocycles. The molecule has 0 aliphatic heterocycles. The number of carbonyl (C=O) groups is 1. The minimum absolute atomic E-state index is 0.145. The quantitative estimate of drug-likeness (QED) is 0.759. The first-order chi connectivity index (χ1) is 7.38. The van der Waals surface area contributed by atoms with Gasteiger partial charge in [-0.2, -0.15) is 0 Å². The molecule has 1 rings (SSSR count). The van der Waals surface area contributed by atoms with Gasteiger partial charge < -0.3 is 0 Å². The van der Waals surface area contributed by atoms with Crippen LogP contribution in [0.3, 0.4) is 0 Å². The van der Waals surface area contributed by atoms with E-state index in [1.54, 1.807) is 6.92 Å². The lowest BCUT2D eigenvalue weighted by Gasteiger charge is -2.11. The average molecular weight is 244 g/mol. The first-order valence-corrected chi connectivity index (χ1v) is 6.81. The molecule has 0 N–H and O–H groups in total. The molecule has 3 nitrogen and oxygen atoms in total. The zero-order valence-corrected chi connectivity index (χ0v) is 9.92. The second-order valence-corrected chi connectivity index (χ2v) is 5.80. The van der Waals surface area contributed by atoms with Gasteiger partial charge in [-0.05, 0) is 18.6 Å². The first kappa shape index (κ1) is 12.8. The van der Waals surface area contributed by atoms with Crippen molar-refractivity contribution >= 4 is 15.6 Å². The van der Waals surface area contributed by atoms with Crippen LogP contribution in [0.4, 0.5) is 4.39 Å². The number of halogens is 1. The van der Waals surface area contributed by atoms with Crippen molar-refractivity contribution < 1.29 is 17.6 Å². The SMILES string of the molecule is CCC(C(=O)c1ccccc1F)S(C)(=O)=O. The Morgan fingerprint density at radius 3 is 2.38 bits per heavy atom. The van der Waals surface area contributed by atoms with E-state index in [9.17, 15) is 17.6 Å². The van der Waals surface area contributed by atoms with Crippen molar-refractivity contribution in [2.75, 3.05) is 6.26 Å². The number of carbonyl (C=O) groups excluding carboxylic acids is 1. The third kappa shape index (κ3) is 2.66. The summed E-state index contributed by atoms with van der Waals surface area (Å²) in [6, 6.07) is 5.40. The van der Waals surface area contributed by atoms with Crippen molar-refractivity contribution in [1.29, 1.82) is 0 Å². The van der Waals surface area contributed by atoms with E-state index in [0.717, 1.165) is 12.3 Å². The largest absolute Gasteiger partial charge is 0.293 e. The van der Waals surface area contributed by atoms with Gasteiger partial charge in [0.25, 0.3) is 0 Å². The summed E-state index contributed by atoms with van der Waals surface area (Å²) in [6.07, 6.45) is 1.13. The Labute approximate surface area is 94.2 Å². The molecule has 0 aliphatic rings. The zero-order chi connectivity index (χ0) is 12.3. The summed E-state index contributed by atoms with van der Waals surface area (Å²) in [7, 11) is -3.50. The molecule has 1 aromatic carbocycles. The zero-order valence-electron chi connectivity index (χ0n) is 9.10. The second-order valence-electron chi connectivity index (χ2n) is 3.57. The molecule has 0 amide bonds. The smallest absolute Gasteiger partial charge is 0.183 e. The molecule has 1 atom stereocenters. The van der Waals surface area contributed by atoms with Gasteiger partial charge in [0.2, 0.25) is 0 Å². The predicted molar refractivity (Wildman–Crippen MR) is 59.7 cm³/mol. The lowest BCUT2D eigenvalue weighted by Crippen LogP contribution is -2.29. The summed E-state index contributed by atoms with van der Waals surface area (Å²) in [5, 5.41) is -1.16. The molecule has 88 valence electrons. The molecule has 1 unspecified atom stereocenters. The Bertz CT molecular complexity index is 494. The van der Waals surface area contributed by atoms with Gasteiger partial charge in [-0.3, -0.25) is 4.79 Å². The van der Waals surface area contributed by atoms with E-state index in [0.29, 0.717) is 0 Å². The summed E-state index contributed by atoms with van der Waals surface area (Å²) in [6.45, 7) is 1.59. The molecule has 1 aromatic rings. The number of benzene rings is 1. The van der Waals surface area contributed by atoms with Gasteiger partial charge in [-0.25, -0.2) is 12.8 Å². The van der Waals surface area contributed by atoms with Crippen LogP contribution in [0.25, 0.3) is 0 Å². The normalized spacial score (nSPS) is 13.4. The standard InChI is InChI=1S/C11H13FO3S/c1-3-10(16(2,14)15)11(13)8-6-4-5-7-9(8)12/h4-7,10H,3H2,1-2H3. The first-order valence-electron chi connectivity index (χ1n) is 4.85. The van der Waals surface area contributed by atoms with Crippen molar-refractivity contribution in [2.24, 2.45) is 0 Å². The van der Waals surface area contributed by atoms with Crippen LogP contribution < -0.4 is 0 Å². The summed E-state index contributed by atoms with van der Waals surface area (Å²) in [4.78, 5) is 11.8. The molecule has 0 bridgehead atoms. The summed E-state index contributed by atoms with van der Waals surface area (Å²) in [5.41, 5.74) is -0.167. The topological polar surface area (TPSA) is 51.2 Å². The molecule has 0 spiro atoms. The van der Waals surface area contributed by atoms with Crippen LogP contribution in [0.1, 0.15) is 23.7 Å². The van der Waals surface area contributed by atoms with E-state index in [-0.39, 0.29) is 12.0 Å². The van der Waals surface area contributed by atoms with E-state index < -0.39 is 26.7 Å². The number of hydrogen-bond acceptors (Lipinski definition) is 3. The van der Waals surface area contributed by atoms with Gasteiger partial charge in [0.05, 0.1) is 5.56 Å². The maximum atomic E-state index is 13.3. The lowest BCUT2D eigenvalue weighted by molar-refractivity contribution is 0.0981. The third-order valence-electron chi connectivity index (χ3n) is 2.32. The molecule has 0 aromatic heterocycles. The highest BCUT2D eigenvalue weighted by Crippen LogP contribution is 2.15. The van der Waals surface area contributed by atoms with Crippen molar-refractivity contribution in [2.45, 2.75) is 18.6 Å². The fourth-order valence-electron chi connectivity index (χ4n) is 1.52. The molecular formula is C11H13FO3S. The second kappa shape index (κ2) is 4.74. The van der Waals surface area contributed by atoms with Gasteiger partial charge >= 0.3 is 0 Å². The highest BCUT2D eigenvalue weighted by molar-refractivity contribution is 7.92. The summed E-state index contributed by atoms with van der Waals surface area (Å²) >= 11 is 0. The third-order valence-corrected chi connectivity index (χ3v) is 3.90. The Balaban J connectivity index is 3.16. The highest BCUT2D eigenvalue weighted by Gasteiger charge is 2.29. The van der Waals surface area contributed by atoms with Crippen LogP contribution in [0.2, 0.25) is 0 Å². The van der Waals surface area contributed by atoms with Crippen LogP contribution >= 0.6 is 0 Å². The van der Waals surface area contributed by atoms with Crippen molar-refractivity contribution in [1.82, 2.24) is 0 Å². The maximum Gasteiger partial charge on any atom is 0.183 e. The molecule has 0 aliphatic carbocycles. The van der Waals surface area contributed by atoms with Crippen LogP contribution in [0.5, 0.6) is 0 Å². The van der Waals surface area contributed by atoms with E-state index in [1.807, 2.05) is 0 Å². The molecule has 0 saturated heterocycles. The minimum atomic E-state index is -3.50.